The smallest absolute Gasteiger partial charge is 0.231 e. The highest BCUT2D eigenvalue weighted by molar-refractivity contribution is 5.80. The Morgan fingerprint density at radius 1 is 1.37 bits per heavy atom. The Labute approximate surface area is 111 Å². The second-order valence-electron chi connectivity index (χ2n) is 5.19. The van der Waals surface area contributed by atoms with Gasteiger partial charge in [0.1, 0.15) is 5.84 Å². The molecule has 1 heterocycles. The largest absolute Gasteiger partial charge is 0.454 e. The Morgan fingerprint density at radius 2 is 2.16 bits per heavy atom. The molecule has 4 N–H and O–H groups in total. The summed E-state index contributed by atoms with van der Waals surface area (Å²) in [5.41, 5.74) is 6.70. The molecule has 6 heteroatoms. The highest BCUT2D eigenvalue weighted by atomic mass is 16.7. The summed E-state index contributed by atoms with van der Waals surface area (Å²) in [5.74, 6) is 1.85. The Hall–Kier alpha value is -2.11. The van der Waals surface area contributed by atoms with Crippen molar-refractivity contribution in [3.8, 4) is 11.5 Å². The summed E-state index contributed by atoms with van der Waals surface area (Å²) in [6.45, 7) is 1.09. The van der Waals surface area contributed by atoms with Crippen LogP contribution in [0.4, 0.5) is 5.69 Å². The van der Waals surface area contributed by atoms with Crippen molar-refractivity contribution in [2.75, 3.05) is 18.7 Å². The Bertz CT molecular complexity index is 512. The molecule has 1 aromatic carbocycles. The number of fused-ring (bicyclic) bond motifs is 1. The summed E-state index contributed by atoms with van der Waals surface area (Å²) >= 11 is 0. The van der Waals surface area contributed by atoms with E-state index in [1.165, 1.54) is 0 Å². The van der Waals surface area contributed by atoms with Crippen molar-refractivity contribution in [1.82, 2.24) is 0 Å². The molecule has 3 rings (SSSR count). The van der Waals surface area contributed by atoms with Gasteiger partial charge in [0.05, 0.1) is 0 Å². The van der Waals surface area contributed by atoms with Gasteiger partial charge in [0.25, 0.3) is 0 Å². The van der Waals surface area contributed by atoms with Crippen LogP contribution in [0.2, 0.25) is 0 Å². The van der Waals surface area contributed by atoms with Crippen molar-refractivity contribution in [1.29, 1.82) is 0 Å². The van der Waals surface area contributed by atoms with Gasteiger partial charge >= 0.3 is 0 Å². The number of nitrogens with two attached hydrogens (primary N) is 1. The van der Waals surface area contributed by atoms with Crippen molar-refractivity contribution < 1.29 is 14.7 Å². The third-order valence-electron chi connectivity index (χ3n) is 3.68. The van der Waals surface area contributed by atoms with Gasteiger partial charge in [0, 0.05) is 24.7 Å². The molecule has 1 aromatic rings. The molecule has 1 aliphatic carbocycles. The van der Waals surface area contributed by atoms with Gasteiger partial charge in [0.2, 0.25) is 6.79 Å². The number of anilines is 1. The summed E-state index contributed by atoms with van der Waals surface area (Å²) in [5, 5.41) is 15.1. The lowest BCUT2D eigenvalue weighted by atomic mass is 10.0. The lowest BCUT2D eigenvalue weighted by Crippen LogP contribution is -2.23. The molecule has 1 aliphatic heterocycles. The molecule has 0 aromatic heterocycles. The number of benzene rings is 1. The predicted molar refractivity (Wildman–Crippen MR) is 70.7 cm³/mol. The first-order valence-electron chi connectivity index (χ1n) is 6.31. The molecule has 0 saturated heterocycles. The fourth-order valence-corrected chi connectivity index (χ4v) is 2.31. The van der Waals surface area contributed by atoms with Crippen LogP contribution in [0.25, 0.3) is 0 Å². The van der Waals surface area contributed by atoms with E-state index >= 15 is 0 Å². The second-order valence-corrected chi connectivity index (χ2v) is 5.19. The zero-order chi connectivity index (χ0) is 13.3. The third-order valence-corrected chi connectivity index (χ3v) is 3.68. The number of ether oxygens (including phenoxy) is 2. The summed E-state index contributed by atoms with van der Waals surface area (Å²) in [6.07, 6.45) is 2.82. The highest BCUT2D eigenvalue weighted by Crippen LogP contribution is 2.49. The number of rotatable bonds is 5. The maximum Gasteiger partial charge on any atom is 0.231 e. The van der Waals surface area contributed by atoms with Crippen LogP contribution in [-0.4, -0.2) is 24.4 Å². The molecule has 102 valence electrons. The maximum atomic E-state index is 8.63. The number of nitrogens with one attached hydrogen (secondary N) is 1. The molecule has 0 unspecified atom stereocenters. The SMILES string of the molecule is NC(CC1(CNc2ccc3c(c2)OCO3)CC1)=NO. The molecule has 0 amide bonds. The van der Waals surface area contributed by atoms with Crippen LogP contribution >= 0.6 is 0 Å². The summed E-state index contributed by atoms with van der Waals surface area (Å²) in [6, 6.07) is 5.79. The van der Waals surface area contributed by atoms with E-state index in [0.717, 1.165) is 36.6 Å². The van der Waals surface area contributed by atoms with E-state index in [9.17, 15) is 0 Å². The third kappa shape index (κ3) is 2.52. The van der Waals surface area contributed by atoms with Crippen LogP contribution < -0.4 is 20.5 Å². The molecule has 0 radical (unpaired) electrons. The minimum absolute atomic E-state index is 0.132. The monoisotopic (exact) mass is 263 g/mol. The van der Waals surface area contributed by atoms with Crippen LogP contribution in [0.5, 0.6) is 11.5 Å². The molecule has 19 heavy (non-hydrogen) atoms. The molecular weight excluding hydrogens is 246 g/mol. The van der Waals surface area contributed by atoms with Crippen molar-refractivity contribution in [3.63, 3.8) is 0 Å². The zero-order valence-corrected chi connectivity index (χ0v) is 10.6. The van der Waals surface area contributed by atoms with Crippen LogP contribution in [0.3, 0.4) is 0 Å². The first-order chi connectivity index (χ1) is 9.21. The summed E-state index contributed by atoms with van der Waals surface area (Å²) in [7, 11) is 0. The minimum atomic E-state index is 0.132. The van der Waals surface area contributed by atoms with Crippen LogP contribution in [0.1, 0.15) is 19.3 Å². The van der Waals surface area contributed by atoms with E-state index in [0.29, 0.717) is 12.3 Å². The first kappa shape index (κ1) is 12.0. The Morgan fingerprint density at radius 3 is 2.89 bits per heavy atom. The average molecular weight is 263 g/mol. The van der Waals surface area contributed by atoms with Gasteiger partial charge in [-0.05, 0) is 30.4 Å². The van der Waals surface area contributed by atoms with Gasteiger partial charge in [-0.25, -0.2) is 0 Å². The number of oxime groups is 1. The molecule has 1 saturated carbocycles. The zero-order valence-electron chi connectivity index (χ0n) is 10.6. The quantitative estimate of drug-likeness (QED) is 0.326. The van der Waals surface area contributed by atoms with E-state index < -0.39 is 0 Å². The average Bonchev–Trinajstić information content (AvgIpc) is 3.02. The topological polar surface area (TPSA) is 89.1 Å². The number of nitrogens with zero attached hydrogens (tertiary/aromatic N) is 1. The second kappa shape index (κ2) is 4.53. The standard InChI is InChI=1S/C13H17N3O3/c14-12(16-17)6-13(3-4-13)7-15-9-1-2-10-11(5-9)19-8-18-10/h1-2,5,15,17H,3-4,6-8H2,(H2,14,16). The van der Waals surface area contributed by atoms with E-state index in [4.69, 9.17) is 20.4 Å². The van der Waals surface area contributed by atoms with Crippen molar-refractivity contribution in [2.24, 2.45) is 16.3 Å². The number of amidine groups is 1. The molecule has 2 aliphatic rings. The Kier molecular flexibility index (Phi) is 2.85. The Balaban J connectivity index is 1.60. The summed E-state index contributed by atoms with van der Waals surface area (Å²) < 4.78 is 10.6. The van der Waals surface area contributed by atoms with Crippen molar-refractivity contribution in [3.05, 3.63) is 18.2 Å². The minimum Gasteiger partial charge on any atom is -0.454 e. The van der Waals surface area contributed by atoms with Gasteiger partial charge < -0.3 is 25.7 Å². The van der Waals surface area contributed by atoms with E-state index in [1.54, 1.807) is 0 Å². The lowest BCUT2D eigenvalue weighted by molar-refractivity contribution is 0.174. The molecule has 0 spiro atoms. The molecule has 6 nitrogen and oxygen atoms in total. The van der Waals surface area contributed by atoms with Gasteiger partial charge in [-0.3, -0.25) is 0 Å². The molecular formula is C13H17N3O3. The molecule has 1 fully saturated rings. The summed E-state index contributed by atoms with van der Waals surface area (Å²) in [4.78, 5) is 0. The van der Waals surface area contributed by atoms with Crippen LogP contribution in [0.15, 0.2) is 23.4 Å². The fourth-order valence-electron chi connectivity index (χ4n) is 2.31. The van der Waals surface area contributed by atoms with Crippen molar-refractivity contribution in [2.45, 2.75) is 19.3 Å². The van der Waals surface area contributed by atoms with Gasteiger partial charge in [-0.15, -0.1) is 0 Å². The molecule has 0 bridgehead atoms. The first-order valence-corrected chi connectivity index (χ1v) is 6.31. The van der Waals surface area contributed by atoms with Crippen LogP contribution in [-0.2, 0) is 0 Å². The number of hydrogen-bond acceptors (Lipinski definition) is 5. The maximum absolute atomic E-state index is 8.63. The predicted octanol–water partition coefficient (Wildman–Crippen LogP) is 1.74. The number of hydrogen-bond donors (Lipinski definition) is 3. The van der Waals surface area contributed by atoms with Gasteiger partial charge in [-0.1, -0.05) is 5.16 Å². The van der Waals surface area contributed by atoms with E-state index in [1.807, 2.05) is 18.2 Å². The van der Waals surface area contributed by atoms with Crippen molar-refractivity contribution >= 4 is 11.5 Å². The fraction of sp³-hybridized carbons (Fsp3) is 0.462. The van der Waals surface area contributed by atoms with Gasteiger partial charge in [0.15, 0.2) is 11.5 Å². The highest BCUT2D eigenvalue weighted by Gasteiger charge is 2.43. The normalized spacial score (nSPS) is 19.3. The van der Waals surface area contributed by atoms with E-state index in [2.05, 4.69) is 10.5 Å². The lowest BCUT2D eigenvalue weighted by Gasteiger charge is -2.16. The molecule has 0 atom stereocenters. The van der Waals surface area contributed by atoms with Gasteiger partial charge in [-0.2, -0.15) is 0 Å². The van der Waals surface area contributed by atoms with E-state index in [-0.39, 0.29) is 12.2 Å². The van der Waals surface area contributed by atoms with Crippen LogP contribution in [0, 0.1) is 5.41 Å².